The fraction of sp³-hybridized carbons (Fsp3) is 0.333. The first-order chi connectivity index (χ1) is 12.1. The monoisotopic (exact) mass is 414 g/mol. The van der Waals surface area contributed by atoms with Crippen LogP contribution in [-0.2, 0) is 22.8 Å². The summed E-state index contributed by atoms with van der Waals surface area (Å²) in [5, 5.41) is 2.69. The smallest absolute Gasteiger partial charge is 0.434 e. The van der Waals surface area contributed by atoms with Crippen molar-refractivity contribution in [2.45, 2.75) is 13.1 Å². The number of ether oxygens (including phenoxy) is 2. The molecule has 0 aliphatic carbocycles. The van der Waals surface area contributed by atoms with E-state index in [1.54, 1.807) is 6.92 Å². The van der Waals surface area contributed by atoms with Crippen molar-refractivity contribution in [3.8, 4) is 17.0 Å². The third-order valence-corrected chi connectivity index (χ3v) is 3.84. The Balaban J connectivity index is 2.45. The van der Waals surface area contributed by atoms with Gasteiger partial charge in [0.2, 0.25) is 0 Å². The van der Waals surface area contributed by atoms with E-state index in [2.05, 4.69) is 9.84 Å². The summed E-state index contributed by atoms with van der Waals surface area (Å²) < 4.78 is 63.6. The van der Waals surface area contributed by atoms with E-state index in [4.69, 9.17) is 27.9 Å². The average Bonchev–Trinajstić information content (AvgIpc) is 2.81. The lowest BCUT2D eigenvalue weighted by Gasteiger charge is -2.10. The second kappa shape index (κ2) is 7.71. The van der Waals surface area contributed by atoms with Crippen molar-refractivity contribution in [2.75, 3.05) is 13.2 Å². The van der Waals surface area contributed by atoms with E-state index in [-0.39, 0.29) is 22.9 Å². The second-order valence-corrected chi connectivity index (χ2v) is 5.77. The number of alkyl halides is 3. The van der Waals surface area contributed by atoms with Crippen LogP contribution >= 0.6 is 23.2 Å². The normalized spacial score (nSPS) is 11.5. The molecule has 0 saturated heterocycles. The quantitative estimate of drug-likeness (QED) is 0.534. The van der Waals surface area contributed by atoms with Gasteiger partial charge in [0, 0.05) is 12.6 Å². The number of rotatable bonds is 5. The van der Waals surface area contributed by atoms with E-state index in [0.717, 1.165) is 19.2 Å². The largest absolute Gasteiger partial charge is 0.480 e. The highest BCUT2D eigenvalue weighted by molar-refractivity contribution is 6.34. The van der Waals surface area contributed by atoms with Crippen molar-refractivity contribution < 1.29 is 31.8 Å². The highest BCUT2D eigenvalue weighted by atomic mass is 35.5. The van der Waals surface area contributed by atoms with Gasteiger partial charge in [-0.2, -0.15) is 18.3 Å². The third-order valence-electron chi connectivity index (χ3n) is 3.19. The fourth-order valence-electron chi connectivity index (χ4n) is 2.14. The van der Waals surface area contributed by atoms with Crippen LogP contribution in [-0.4, -0.2) is 29.0 Å². The van der Waals surface area contributed by atoms with Gasteiger partial charge in [-0.25, -0.2) is 9.18 Å². The number of hydrogen-bond acceptors (Lipinski definition) is 4. The van der Waals surface area contributed by atoms with Crippen LogP contribution in [0, 0.1) is 5.82 Å². The molecule has 0 aliphatic heterocycles. The molecule has 0 unspecified atom stereocenters. The number of carbonyl (C=O) groups is 1. The molecule has 2 aromatic rings. The molecule has 0 fully saturated rings. The van der Waals surface area contributed by atoms with E-state index >= 15 is 0 Å². The molecule has 1 aromatic heterocycles. The summed E-state index contributed by atoms with van der Waals surface area (Å²) >= 11 is 11.6. The van der Waals surface area contributed by atoms with Gasteiger partial charge in [-0.3, -0.25) is 4.68 Å². The van der Waals surface area contributed by atoms with Crippen LogP contribution in [0.4, 0.5) is 17.6 Å². The molecular formula is C15H12Cl2F4N2O3. The lowest BCUT2D eigenvalue weighted by Crippen LogP contribution is -2.14. The summed E-state index contributed by atoms with van der Waals surface area (Å²) in [6, 6.07) is 1.85. The van der Waals surface area contributed by atoms with Gasteiger partial charge < -0.3 is 9.47 Å². The van der Waals surface area contributed by atoms with E-state index in [0.29, 0.717) is 4.68 Å². The molecule has 1 aromatic carbocycles. The SMILES string of the molecule is CCOC(=O)COc1cc(-c2nn(C)c(C(F)(F)F)c2Cl)c(F)cc1Cl. The summed E-state index contributed by atoms with van der Waals surface area (Å²) in [5.74, 6) is -1.77. The number of aryl methyl sites for hydroxylation is 1. The molecule has 0 amide bonds. The average molecular weight is 415 g/mol. The van der Waals surface area contributed by atoms with Crippen LogP contribution in [0.2, 0.25) is 10.0 Å². The van der Waals surface area contributed by atoms with Crippen molar-refractivity contribution in [1.29, 1.82) is 0 Å². The number of hydrogen-bond donors (Lipinski definition) is 0. The second-order valence-electron chi connectivity index (χ2n) is 4.99. The van der Waals surface area contributed by atoms with Crippen LogP contribution in [0.25, 0.3) is 11.3 Å². The van der Waals surface area contributed by atoms with Gasteiger partial charge in [0.05, 0.1) is 16.7 Å². The Kier molecular flexibility index (Phi) is 6.02. The Bertz CT molecular complexity index is 837. The first-order valence-electron chi connectivity index (χ1n) is 7.13. The Morgan fingerprint density at radius 1 is 1.31 bits per heavy atom. The Morgan fingerprint density at radius 2 is 1.96 bits per heavy atom. The van der Waals surface area contributed by atoms with Crippen molar-refractivity contribution in [1.82, 2.24) is 9.78 Å². The van der Waals surface area contributed by atoms with E-state index in [9.17, 15) is 22.4 Å². The van der Waals surface area contributed by atoms with E-state index in [1.807, 2.05) is 0 Å². The first kappa shape index (κ1) is 20.3. The van der Waals surface area contributed by atoms with Gasteiger partial charge in [0.1, 0.15) is 17.3 Å². The Morgan fingerprint density at radius 3 is 2.50 bits per heavy atom. The minimum absolute atomic E-state index is 0.133. The summed E-state index contributed by atoms with van der Waals surface area (Å²) in [6.45, 7) is 1.22. The fourth-order valence-corrected chi connectivity index (χ4v) is 2.71. The molecular weight excluding hydrogens is 403 g/mol. The summed E-state index contributed by atoms with van der Waals surface area (Å²) in [6.07, 6.45) is -4.77. The summed E-state index contributed by atoms with van der Waals surface area (Å²) in [5.41, 5.74) is -2.02. The molecule has 0 radical (unpaired) electrons. The molecule has 0 bridgehead atoms. The molecule has 5 nitrogen and oxygen atoms in total. The zero-order chi connectivity index (χ0) is 19.6. The van der Waals surface area contributed by atoms with Gasteiger partial charge >= 0.3 is 12.1 Å². The maximum Gasteiger partial charge on any atom is 0.434 e. The lowest BCUT2D eigenvalue weighted by atomic mass is 10.1. The zero-order valence-corrected chi connectivity index (χ0v) is 15.0. The number of benzene rings is 1. The standard InChI is InChI=1S/C15H12Cl2F4N2O3/c1-3-25-11(24)6-26-10-4-7(9(18)5-8(10)16)13-12(17)14(15(19,20)21)23(2)22-13/h4-5H,3,6H2,1-2H3. The van der Waals surface area contributed by atoms with Crippen LogP contribution < -0.4 is 4.74 Å². The number of esters is 1. The van der Waals surface area contributed by atoms with Gasteiger partial charge in [0.15, 0.2) is 12.3 Å². The molecule has 26 heavy (non-hydrogen) atoms. The van der Waals surface area contributed by atoms with Crippen molar-refractivity contribution in [3.05, 3.63) is 33.7 Å². The van der Waals surface area contributed by atoms with E-state index in [1.165, 1.54) is 0 Å². The molecule has 0 atom stereocenters. The molecule has 0 N–H and O–H groups in total. The van der Waals surface area contributed by atoms with Crippen LogP contribution in [0.15, 0.2) is 12.1 Å². The predicted octanol–water partition coefficient (Wildman–Crippen LogP) is 4.49. The zero-order valence-electron chi connectivity index (χ0n) is 13.5. The Labute approximate surface area is 155 Å². The molecule has 0 saturated carbocycles. The highest BCUT2D eigenvalue weighted by Crippen LogP contribution is 2.41. The minimum atomic E-state index is -4.77. The van der Waals surface area contributed by atoms with Crippen molar-refractivity contribution >= 4 is 29.2 Å². The summed E-state index contributed by atoms with van der Waals surface area (Å²) in [7, 11) is 1.03. The van der Waals surface area contributed by atoms with Crippen LogP contribution in [0.1, 0.15) is 12.6 Å². The number of nitrogens with zero attached hydrogens (tertiary/aromatic N) is 2. The van der Waals surface area contributed by atoms with Crippen LogP contribution in [0.5, 0.6) is 5.75 Å². The maximum atomic E-state index is 14.2. The van der Waals surface area contributed by atoms with Gasteiger partial charge in [-0.15, -0.1) is 0 Å². The number of halogens is 6. The Hall–Kier alpha value is -2.00. The molecule has 142 valence electrons. The molecule has 2 rings (SSSR count). The first-order valence-corrected chi connectivity index (χ1v) is 7.89. The molecule has 11 heteroatoms. The lowest BCUT2D eigenvalue weighted by molar-refractivity contribution is -0.145. The number of carbonyl (C=O) groups excluding carboxylic acids is 1. The molecule has 1 heterocycles. The highest BCUT2D eigenvalue weighted by Gasteiger charge is 2.39. The van der Waals surface area contributed by atoms with Gasteiger partial charge in [0.25, 0.3) is 0 Å². The van der Waals surface area contributed by atoms with Crippen LogP contribution in [0.3, 0.4) is 0 Å². The molecule has 0 aliphatic rings. The topological polar surface area (TPSA) is 53.4 Å². The van der Waals surface area contributed by atoms with Gasteiger partial charge in [-0.1, -0.05) is 23.2 Å². The minimum Gasteiger partial charge on any atom is -0.480 e. The van der Waals surface area contributed by atoms with Crippen molar-refractivity contribution in [3.63, 3.8) is 0 Å². The number of aromatic nitrogens is 2. The third kappa shape index (κ3) is 4.21. The maximum absolute atomic E-state index is 14.2. The summed E-state index contributed by atoms with van der Waals surface area (Å²) in [4.78, 5) is 11.3. The predicted molar refractivity (Wildman–Crippen MR) is 85.8 cm³/mol. The molecule has 0 spiro atoms. The van der Waals surface area contributed by atoms with E-state index < -0.39 is 41.0 Å². The van der Waals surface area contributed by atoms with Crippen molar-refractivity contribution in [2.24, 2.45) is 7.05 Å². The van der Waals surface area contributed by atoms with Gasteiger partial charge in [-0.05, 0) is 19.1 Å².